The van der Waals surface area contributed by atoms with E-state index in [1.807, 2.05) is 0 Å². The normalized spacial score (nSPS) is 19.3. The van der Waals surface area contributed by atoms with Gasteiger partial charge in [-0.05, 0) is 82.5 Å². The molecule has 0 aromatic carbocycles. The van der Waals surface area contributed by atoms with Gasteiger partial charge in [0, 0.05) is 47.9 Å². The zero-order valence-electron chi connectivity index (χ0n) is 31.3. The fourth-order valence-electron chi connectivity index (χ4n) is 6.84. The third-order valence-corrected chi connectivity index (χ3v) is 13.4. The largest absolute Gasteiger partial charge is 0.388 e. The van der Waals surface area contributed by atoms with Crippen LogP contribution < -0.4 is 10.6 Å². The van der Waals surface area contributed by atoms with Crippen molar-refractivity contribution in [2.75, 3.05) is 25.4 Å². The van der Waals surface area contributed by atoms with Gasteiger partial charge in [-0.2, -0.15) is 10.5 Å². The molecule has 2 aliphatic rings. The van der Waals surface area contributed by atoms with Crippen molar-refractivity contribution in [3.63, 3.8) is 0 Å². The minimum atomic E-state index is -0.699. The summed E-state index contributed by atoms with van der Waals surface area (Å²) in [6.07, 6.45) is 10.0. The van der Waals surface area contributed by atoms with Crippen molar-refractivity contribution in [3.8, 4) is 12.1 Å². The maximum absolute atomic E-state index is 10.9. The number of thiocarbonyl (C=S) groups is 1. The molecule has 1 fully saturated rings. The summed E-state index contributed by atoms with van der Waals surface area (Å²) in [5.41, 5.74) is 2.87. The van der Waals surface area contributed by atoms with Crippen LogP contribution in [-0.2, 0) is 0 Å². The van der Waals surface area contributed by atoms with Crippen LogP contribution in [0.4, 0.5) is 0 Å². The van der Waals surface area contributed by atoms with E-state index >= 15 is 0 Å². The highest BCUT2D eigenvalue weighted by Gasteiger charge is 2.58. The summed E-state index contributed by atoms with van der Waals surface area (Å²) in [4.78, 5) is 2.13. The molecule has 5 nitrogen and oxygen atoms in total. The van der Waals surface area contributed by atoms with Crippen LogP contribution in [0.15, 0.2) is 60.1 Å². The first kappa shape index (κ1) is 40.7. The lowest BCUT2D eigenvalue weighted by atomic mass is 9.46. The molecule has 3 atom stereocenters. The summed E-state index contributed by atoms with van der Waals surface area (Å²) in [6.45, 7) is 37.7. The van der Waals surface area contributed by atoms with Crippen LogP contribution in [0.2, 0.25) is 0 Å². The average molecular weight is 678 g/mol. The summed E-state index contributed by atoms with van der Waals surface area (Å²) >= 11 is 7.24. The van der Waals surface area contributed by atoms with Gasteiger partial charge in [0.1, 0.15) is 4.32 Å². The molecule has 0 amide bonds. The predicted octanol–water partition coefficient (Wildman–Crippen LogP) is 10.4. The lowest BCUT2D eigenvalue weighted by Gasteiger charge is -2.57. The lowest BCUT2D eigenvalue weighted by molar-refractivity contribution is -0.0418. The Balaban J connectivity index is 2.36. The third kappa shape index (κ3) is 9.57. The number of nitrogens with zero attached hydrogens (tertiary/aromatic N) is 3. The van der Waals surface area contributed by atoms with Crippen LogP contribution in [0.5, 0.6) is 0 Å². The van der Waals surface area contributed by atoms with E-state index in [-0.39, 0.29) is 0 Å². The van der Waals surface area contributed by atoms with Gasteiger partial charge in [-0.25, -0.2) is 0 Å². The van der Waals surface area contributed by atoms with E-state index < -0.39 is 27.1 Å². The van der Waals surface area contributed by atoms with Gasteiger partial charge >= 0.3 is 0 Å². The number of hydrogen-bond donors (Lipinski definition) is 2. The predicted molar refractivity (Wildman–Crippen MR) is 207 cm³/mol. The molecule has 0 bridgehead atoms. The molecule has 1 saturated heterocycles. The molecule has 0 aromatic heterocycles. The van der Waals surface area contributed by atoms with Gasteiger partial charge in [-0.15, -0.1) is 0 Å². The van der Waals surface area contributed by atoms with Crippen LogP contribution in [0.3, 0.4) is 0 Å². The summed E-state index contributed by atoms with van der Waals surface area (Å²) in [7, 11) is 0. The minimum absolute atomic E-state index is 0.418. The Morgan fingerprint density at radius 2 is 1.57 bits per heavy atom. The molecule has 1 heterocycles. The molecule has 0 aromatic rings. The Kier molecular flexibility index (Phi) is 14.1. The molecule has 0 saturated carbocycles. The molecule has 47 heavy (non-hydrogen) atoms. The SMILES string of the molecule is C=C(CCC(C)(C#N)C(C)(C)C(C)(CC(C)(C)C(C)(C#N)CCC(=C)N1CCSC1=S)C(=C)NCC(C)C)NCC1=CC=C(C)CC1. The summed E-state index contributed by atoms with van der Waals surface area (Å²) in [5, 5.41) is 28.8. The van der Waals surface area contributed by atoms with Crippen LogP contribution in [0.25, 0.3) is 0 Å². The highest BCUT2D eigenvalue weighted by atomic mass is 32.2. The number of rotatable bonds is 19. The molecular weight excluding hydrogens is 615 g/mol. The van der Waals surface area contributed by atoms with Gasteiger partial charge in [0.25, 0.3) is 0 Å². The number of nitriles is 2. The van der Waals surface area contributed by atoms with Crippen molar-refractivity contribution in [2.24, 2.45) is 33.0 Å². The summed E-state index contributed by atoms with van der Waals surface area (Å²) < 4.78 is 0.877. The van der Waals surface area contributed by atoms with Crippen molar-refractivity contribution >= 4 is 28.3 Å². The highest BCUT2D eigenvalue weighted by Crippen LogP contribution is 2.62. The van der Waals surface area contributed by atoms with Gasteiger partial charge in [-0.1, -0.05) is 115 Å². The van der Waals surface area contributed by atoms with E-state index in [0.29, 0.717) is 38.0 Å². The van der Waals surface area contributed by atoms with E-state index in [2.05, 4.69) is 129 Å². The molecule has 2 N–H and O–H groups in total. The standard InChI is InChI=1S/C40H63N5S2/c1-29(2)24-44-33(6)40(13,26-36(7,8)38(11,27-41)21-19-32(5)45-22-23-47-35(45)46)37(9,10)39(12,28-42)20-18-31(4)43-25-34-16-14-30(3)15-17-34/h14,16,29,43-44H,4-6,15,17-26H2,1-3,7-13H3. The van der Waals surface area contributed by atoms with E-state index in [9.17, 15) is 10.5 Å². The molecular formula is C40H63N5S2. The lowest BCUT2D eigenvalue weighted by Crippen LogP contribution is -2.53. The summed E-state index contributed by atoms with van der Waals surface area (Å²) in [6, 6.07) is 5.51. The Hall–Kier alpha value is -2.48. The molecule has 0 radical (unpaired) electrons. The smallest absolute Gasteiger partial charge is 0.140 e. The molecule has 0 spiro atoms. The molecule has 2 rings (SSSR count). The maximum atomic E-state index is 10.9. The van der Waals surface area contributed by atoms with E-state index in [1.165, 1.54) is 11.1 Å². The van der Waals surface area contributed by atoms with Crippen molar-refractivity contribution in [1.29, 1.82) is 10.5 Å². The van der Waals surface area contributed by atoms with Crippen molar-refractivity contribution in [2.45, 2.75) is 114 Å². The van der Waals surface area contributed by atoms with Gasteiger partial charge in [0.15, 0.2) is 0 Å². The molecule has 3 unspecified atom stereocenters. The van der Waals surface area contributed by atoms with E-state index in [4.69, 9.17) is 12.2 Å². The zero-order valence-corrected chi connectivity index (χ0v) is 32.9. The Labute approximate surface area is 298 Å². The van der Waals surface area contributed by atoms with Crippen LogP contribution in [-0.4, -0.2) is 34.6 Å². The van der Waals surface area contributed by atoms with Gasteiger partial charge in [-0.3, -0.25) is 0 Å². The first-order valence-corrected chi connectivity index (χ1v) is 18.7. The van der Waals surface area contributed by atoms with E-state index in [1.54, 1.807) is 11.8 Å². The topological polar surface area (TPSA) is 74.9 Å². The maximum Gasteiger partial charge on any atom is 0.140 e. The van der Waals surface area contributed by atoms with Gasteiger partial charge in [0.2, 0.25) is 0 Å². The fraction of sp³-hybridized carbons (Fsp3) is 0.675. The van der Waals surface area contributed by atoms with Crippen LogP contribution in [0, 0.1) is 55.7 Å². The Bertz CT molecular complexity index is 1340. The van der Waals surface area contributed by atoms with Gasteiger partial charge in [0.05, 0.1) is 23.0 Å². The zero-order chi connectivity index (χ0) is 35.8. The molecule has 260 valence electrons. The minimum Gasteiger partial charge on any atom is -0.388 e. The second-order valence-electron chi connectivity index (χ2n) is 16.3. The quantitative estimate of drug-likeness (QED) is 0.132. The summed E-state index contributed by atoms with van der Waals surface area (Å²) in [5.74, 6) is 1.42. The fourth-order valence-corrected chi connectivity index (χ4v) is 8.13. The second-order valence-corrected chi connectivity index (χ2v) is 18.0. The number of hydrogen-bond acceptors (Lipinski definition) is 6. The number of allylic oxidation sites excluding steroid dienone is 6. The first-order chi connectivity index (χ1) is 21.7. The number of nitrogens with one attached hydrogen (secondary N) is 2. The van der Waals surface area contributed by atoms with Crippen molar-refractivity contribution < 1.29 is 0 Å². The first-order valence-electron chi connectivity index (χ1n) is 17.3. The molecule has 7 heteroatoms. The second kappa shape index (κ2) is 16.3. The van der Waals surface area contributed by atoms with Crippen molar-refractivity contribution in [3.05, 3.63) is 60.1 Å². The van der Waals surface area contributed by atoms with Crippen LogP contribution >= 0.6 is 24.0 Å². The van der Waals surface area contributed by atoms with Gasteiger partial charge < -0.3 is 15.5 Å². The Morgan fingerprint density at radius 3 is 2.09 bits per heavy atom. The van der Waals surface area contributed by atoms with E-state index in [0.717, 1.165) is 59.6 Å². The van der Waals surface area contributed by atoms with Crippen LogP contribution in [0.1, 0.15) is 114 Å². The molecule has 1 aliphatic carbocycles. The highest BCUT2D eigenvalue weighted by molar-refractivity contribution is 8.23. The number of thioether (sulfide) groups is 1. The Morgan fingerprint density at radius 1 is 0.957 bits per heavy atom. The third-order valence-electron chi connectivity index (χ3n) is 11.9. The van der Waals surface area contributed by atoms with Crippen molar-refractivity contribution in [1.82, 2.24) is 15.5 Å². The average Bonchev–Trinajstić information content (AvgIpc) is 3.45. The monoisotopic (exact) mass is 677 g/mol. The molecule has 1 aliphatic heterocycles.